The highest BCUT2D eigenvalue weighted by Gasteiger charge is 2.37. The van der Waals surface area contributed by atoms with Gasteiger partial charge in [-0.15, -0.1) is 0 Å². The summed E-state index contributed by atoms with van der Waals surface area (Å²) in [5.41, 5.74) is 2.47. The zero-order valence-electron chi connectivity index (χ0n) is 20.1. The first-order valence-corrected chi connectivity index (χ1v) is 15.7. The predicted octanol–water partition coefficient (Wildman–Crippen LogP) is 6.63. The fourth-order valence-electron chi connectivity index (χ4n) is 4.14. The SMILES string of the molecule is Cc1cc(C)c(C(=O)P(=O)(OCCOC(=O)CCCCC2CCSS2)c2ccccc2)c(C)c1. The lowest BCUT2D eigenvalue weighted by molar-refractivity contribution is -0.144. The Labute approximate surface area is 210 Å². The summed E-state index contributed by atoms with van der Waals surface area (Å²) in [5.74, 6) is 0.929. The minimum Gasteiger partial charge on any atom is -0.463 e. The molecule has 2 unspecified atom stereocenters. The van der Waals surface area contributed by atoms with Crippen molar-refractivity contribution in [1.29, 1.82) is 0 Å². The maximum atomic E-state index is 14.0. The fourth-order valence-corrected chi connectivity index (χ4v) is 9.21. The average molecular weight is 521 g/mol. The van der Waals surface area contributed by atoms with E-state index in [9.17, 15) is 14.2 Å². The normalized spacial score (nSPS) is 17.3. The molecule has 34 heavy (non-hydrogen) atoms. The first-order chi connectivity index (χ1) is 16.3. The number of ether oxygens (including phenoxy) is 1. The molecule has 2 aromatic carbocycles. The van der Waals surface area contributed by atoms with Crippen molar-refractivity contribution in [2.24, 2.45) is 0 Å². The number of hydrogen-bond donors (Lipinski definition) is 0. The van der Waals surface area contributed by atoms with E-state index in [2.05, 4.69) is 0 Å². The van der Waals surface area contributed by atoms with Gasteiger partial charge in [0.25, 0.3) is 5.52 Å². The summed E-state index contributed by atoms with van der Waals surface area (Å²) in [6.07, 6.45) is 4.56. The summed E-state index contributed by atoms with van der Waals surface area (Å²) < 4.78 is 25.0. The highest BCUT2D eigenvalue weighted by atomic mass is 33.1. The number of carbonyl (C=O) groups is 2. The molecular weight excluding hydrogens is 487 g/mol. The lowest BCUT2D eigenvalue weighted by atomic mass is 10.0. The van der Waals surface area contributed by atoms with Crippen molar-refractivity contribution in [2.45, 2.75) is 58.1 Å². The Hall–Kier alpha value is -1.53. The van der Waals surface area contributed by atoms with Gasteiger partial charge in [-0.25, -0.2) is 0 Å². The zero-order chi connectivity index (χ0) is 24.6. The van der Waals surface area contributed by atoms with E-state index in [-0.39, 0.29) is 19.2 Å². The number of unbranched alkanes of at least 4 members (excludes halogenated alkanes) is 1. The Morgan fingerprint density at radius 1 is 1.03 bits per heavy atom. The van der Waals surface area contributed by atoms with Gasteiger partial charge in [0.1, 0.15) is 6.61 Å². The molecule has 0 N–H and O–H groups in total. The van der Waals surface area contributed by atoms with Gasteiger partial charge in [0.15, 0.2) is 0 Å². The van der Waals surface area contributed by atoms with Crippen molar-refractivity contribution >= 4 is 45.8 Å². The summed E-state index contributed by atoms with van der Waals surface area (Å²) in [5, 5.41) is 1.05. The van der Waals surface area contributed by atoms with Gasteiger partial charge in [0.05, 0.1) is 6.61 Å². The van der Waals surface area contributed by atoms with Crippen LogP contribution in [0, 0.1) is 20.8 Å². The van der Waals surface area contributed by atoms with E-state index in [1.165, 1.54) is 12.2 Å². The van der Waals surface area contributed by atoms with Crippen molar-refractivity contribution in [1.82, 2.24) is 0 Å². The van der Waals surface area contributed by atoms with Crippen LogP contribution in [0.25, 0.3) is 0 Å². The van der Waals surface area contributed by atoms with Gasteiger partial charge in [-0.3, -0.25) is 14.2 Å². The van der Waals surface area contributed by atoms with Crippen LogP contribution in [0.4, 0.5) is 0 Å². The van der Waals surface area contributed by atoms with Crippen LogP contribution in [0.5, 0.6) is 0 Å². The van der Waals surface area contributed by atoms with Gasteiger partial charge < -0.3 is 9.26 Å². The topological polar surface area (TPSA) is 69.7 Å². The minimum atomic E-state index is -3.89. The third kappa shape index (κ3) is 7.24. The van der Waals surface area contributed by atoms with E-state index in [1.54, 1.807) is 30.3 Å². The maximum absolute atomic E-state index is 14.0. The second kappa shape index (κ2) is 13.0. The van der Waals surface area contributed by atoms with Gasteiger partial charge in [-0.2, -0.15) is 0 Å². The molecule has 8 heteroatoms. The van der Waals surface area contributed by atoms with Gasteiger partial charge in [0, 0.05) is 28.3 Å². The fraction of sp³-hybridized carbons (Fsp3) is 0.462. The molecule has 1 aliphatic rings. The van der Waals surface area contributed by atoms with Crippen molar-refractivity contribution < 1.29 is 23.4 Å². The molecule has 0 aromatic heterocycles. The quantitative estimate of drug-likeness (QED) is 0.135. The molecule has 2 atom stereocenters. The van der Waals surface area contributed by atoms with Crippen LogP contribution in [-0.2, 0) is 18.6 Å². The number of aryl methyl sites for hydroxylation is 3. The first kappa shape index (κ1) is 27.1. The van der Waals surface area contributed by atoms with Crippen molar-refractivity contribution in [3.63, 3.8) is 0 Å². The van der Waals surface area contributed by atoms with E-state index in [4.69, 9.17) is 9.26 Å². The largest absolute Gasteiger partial charge is 0.463 e. The monoisotopic (exact) mass is 520 g/mol. The molecule has 1 fully saturated rings. The second-order valence-electron chi connectivity index (χ2n) is 8.59. The average Bonchev–Trinajstić information content (AvgIpc) is 3.33. The molecule has 1 heterocycles. The molecule has 0 amide bonds. The lowest BCUT2D eigenvalue weighted by Crippen LogP contribution is -2.19. The molecule has 0 spiro atoms. The Morgan fingerprint density at radius 3 is 2.38 bits per heavy atom. The van der Waals surface area contributed by atoms with Crippen LogP contribution in [0.3, 0.4) is 0 Å². The molecule has 1 aliphatic heterocycles. The number of hydrogen-bond acceptors (Lipinski definition) is 7. The van der Waals surface area contributed by atoms with Gasteiger partial charge in [-0.1, -0.05) is 63.9 Å². The zero-order valence-corrected chi connectivity index (χ0v) is 22.6. The van der Waals surface area contributed by atoms with Gasteiger partial charge >= 0.3 is 13.3 Å². The smallest absolute Gasteiger partial charge is 0.305 e. The Morgan fingerprint density at radius 2 is 1.74 bits per heavy atom. The number of esters is 1. The number of benzene rings is 2. The first-order valence-electron chi connectivity index (χ1n) is 11.7. The number of carbonyl (C=O) groups excluding carboxylic acids is 2. The van der Waals surface area contributed by atoms with Crippen LogP contribution in [0.1, 0.15) is 59.2 Å². The van der Waals surface area contributed by atoms with E-state index in [1.807, 2.05) is 54.5 Å². The number of rotatable bonds is 12. The summed E-state index contributed by atoms with van der Waals surface area (Å²) in [4.78, 5) is 25.6. The predicted molar refractivity (Wildman–Crippen MR) is 142 cm³/mol. The van der Waals surface area contributed by atoms with Crippen LogP contribution >= 0.6 is 29.0 Å². The maximum Gasteiger partial charge on any atom is 0.305 e. The van der Waals surface area contributed by atoms with E-state index in [0.717, 1.165) is 36.0 Å². The third-order valence-corrected chi connectivity index (χ3v) is 11.0. The molecule has 0 bridgehead atoms. The molecular formula is C26H33O5PS2. The molecule has 184 valence electrons. The van der Waals surface area contributed by atoms with Crippen LogP contribution in [-0.4, -0.2) is 35.7 Å². The standard InChI is InChI=1S/C26H33O5PS2/c1-19-17-20(2)25(21(3)18-19)26(28)32(29,22-9-5-4-6-10-22)31-15-14-30-24(27)12-8-7-11-23-13-16-33-34-23/h4-6,9-10,17-18,23H,7-8,11-16H2,1-3H3. The highest BCUT2D eigenvalue weighted by molar-refractivity contribution is 8.77. The van der Waals surface area contributed by atoms with Crippen molar-refractivity contribution in [3.8, 4) is 0 Å². The Balaban J connectivity index is 1.58. The molecule has 0 radical (unpaired) electrons. The lowest BCUT2D eigenvalue weighted by Gasteiger charge is -2.20. The molecule has 5 nitrogen and oxygen atoms in total. The summed E-state index contributed by atoms with van der Waals surface area (Å²) >= 11 is 0. The van der Waals surface area contributed by atoms with Gasteiger partial charge in [0.2, 0.25) is 0 Å². The molecule has 0 saturated carbocycles. The van der Waals surface area contributed by atoms with Crippen LogP contribution in [0.15, 0.2) is 42.5 Å². The molecule has 2 aromatic rings. The summed E-state index contributed by atoms with van der Waals surface area (Å²) in [6.45, 7) is 5.50. The molecule has 1 saturated heterocycles. The van der Waals surface area contributed by atoms with E-state index in [0.29, 0.717) is 22.5 Å². The molecule has 3 rings (SSSR count). The minimum absolute atomic E-state index is 0.0378. The van der Waals surface area contributed by atoms with Crippen molar-refractivity contribution in [3.05, 3.63) is 64.7 Å². The van der Waals surface area contributed by atoms with Crippen LogP contribution in [0.2, 0.25) is 0 Å². The Kier molecular flexibility index (Phi) is 10.3. The van der Waals surface area contributed by atoms with E-state index >= 15 is 0 Å². The summed E-state index contributed by atoms with van der Waals surface area (Å²) in [7, 11) is -0.00803. The van der Waals surface area contributed by atoms with Crippen LogP contribution < -0.4 is 5.30 Å². The summed E-state index contributed by atoms with van der Waals surface area (Å²) in [6, 6.07) is 12.4. The third-order valence-electron chi connectivity index (χ3n) is 5.76. The second-order valence-corrected chi connectivity index (χ2v) is 13.7. The van der Waals surface area contributed by atoms with Crippen molar-refractivity contribution in [2.75, 3.05) is 19.0 Å². The molecule has 0 aliphatic carbocycles. The highest BCUT2D eigenvalue weighted by Crippen LogP contribution is 2.50. The Bertz CT molecular complexity index is 1010. The van der Waals surface area contributed by atoms with Gasteiger partial charge in [-0.05, 0) is 63.3 Å². The van der Waals surface area contributed by atoms with E-state index < -0.39 is 12.9 Å².